The van der Waals surface area contributed by atoms with Gasteiger partial charge in [-0.05, 0) is 12.1 Å². The molecule has 7 heteroatoms. The van der Waals surface area contributed by atoms with Gasteiger partial charge in [0.2, 0.25) is 5.91 Å². The highest BCUT2D eigenvalue weighted by Gasteiger charge is 2.36. The maximum Gasteiger partial charge on any atom is 0.308 e. The first-order valence-corrected chi connectivity index (χ1v) is 5.67. The molecule has 1 fully saturated rings. The summed E-state index contributed by atoms with van der Waals surface area (Å²) in [6.45, 7) is 0.0586. The van der Waals surface area contributed by atoms with Crippen LogP contribution in [0.15, 0.2) is 24.3 Å². The second kappa shape index (κ2) is 5.07. The summed E-state index contributed by atoms with van der Waals surface area (Å²) in [5.41, 5.74) is 2.62. The monoisotopic (exact) mass is 263 g/mol. The van der Waals surface area contributed by atoms with E-state index in [1.165, 1.54) is 11.0 Å². The number of anilines is 1. The molecule has 0 aromatic heterocycles. The molecule has 2 amide bonds. The van der Waals surface area contributed by atoms with Crippen molar-refractivity contribution in [2.45, 2.75) is 6.42 Å². The second-order valence-electron chi connectivity index (χ2n) is 4.23. The second-order valence-corrected chi connectivity index (χ2v) is 4.23. The van der Waals surface area contributed by atoms with Gasteiger partial charge in [-0.2, -0.15) is 0 Å². The summed E-state index contributed by atoms with van der Waals surface area (Å²) < 4.78 is 0. The molecule has 0 spiro atoms. The first-order chi connectivity index (χ1) is 9.04. The Morgan fingerprint density at radius 3 is 2.63 bits per heavy atom. The summed E-state index contributed by atoms with van der Waals surface area (Å²) in [6.07, 6.45) is -0.0616. The van der Waals surface area contributed by atoms with E-state index in [4.69, 9.17) is 10.9 Å². The van der Waals surface area contributed by atoms with Crippen molar-refractivity contribution in [1.82, 2.24) is 5.43 Å². The zero-order valence-electron chi connectivity index (χ0n) is 10.00. The Hall–Kier alpha value is -2.41. The standard InChI is InChI=1S/C12H13N3O4/c13-14-11(17)8-3-1-2-4-9(8)15-6-7(12(18)19)5-10(15)16/h1-4,7H,5-6,13H2,(H,14,17)(H,18,19). The molecule has 19 heavy (non-hydrogen) atoms. The van der Waals surface area contributed by atoms with Crippen LogP contribution in [-0.4, -0.2) is 29.4 Å². The molecule has 0 radical (unpaired) electrons. The molecule has 7 nitrogen and oxygen atoms in total. The average molecular weight is 263 g/mol. The fourth-order valence-electron chi connectivity index (χ4n) is 2.08. The molecule has 0 bridgehead atoms. The average Bonchev–Trinajstić information content (AvgIpc) is 2.80. The lowest BCUT2D eigenvalue weighted by Gasteiger charge is -2.19. The normalized spacial score (nSPS) is 18.5. The van der Waals surface area contributed by atoms with E-state index >= 15 is 0 Å². The predicted molar refractivity (Wildman–Crippen MR) is 66.2 cm³/mol. The van der Waals surface area contributed by atoms with E-state index in [1.54, 1.807) is 18.2 Å². The van der Waals surface area contributed by atoms with Crippen molar-refractivity contribution in [1.29, 1.82) is 0 Å². The summed E-state index contributed by atoms with van der Waals surface area (Å²) in [4.78, 5) is 35.7. The van der Waals surface area contributed by atoms with Crippen molar-refractivity contribution in [3.8, 4) is 0 Å². The molecule has 1 aliphatic rings. The van der Waals surface area contributed by atoms with Gasteiger partial charge >= 0.3 is 5.97 Å². The number of carboxylic acid groups (broad SMARTS) is 1. The van der Waals surface area contributed by atoms with Crippen molar-refractivity contribution in [2.75, 3.05) is 11.4 Å². The fraction of sp³-hybridized carbons (Fsp3) is 0.250. The lowest BCUT2D eigenvalue weighted by atomic mass is 10.1. The van der Waals surface area contributed by atoms with Crippen molar-refractivity contribution < 1.29 is 19.5 Å². The lowest BCUT2D eigenvalue weighted by Crippen LogP contribution is -2.33. The molecule has 0 saturated carbocycles. The largest absolute Gasteiger partial charge is 0.481 e. The minimum absolute atomic E-state index is 0.0586. The summed E-state index contributed by atoms with van der Waals surface area (Å²) >= 11 is 0. The molecule has 2 rings (SSSR count). The highest BCUT2D eigenvalue weighted by atomic mass is 16.4. The Balaban J connectivity index is 2.35. The van der Waals surface area contributed by atoms with Gasteiger partial charge in [0.25, 0.3) is 5.91 Å². The third kappa shape index (κ3) is 2.41. The number of nitrogens with one attached hydrogen (secondary N) is 1. The van der Waals surface area contributed by atoms with Crippen LogP contribution in [-0.2, 0) is 9.59 Å². The number of benzene rings is 1. The third-order valence-corrected chi connectivity index (χ3v) is 3.04. The number of aliphatic carboxylic acids is 1. The van der Waals surface area contributed by atoms with Gasteiger partial charge in [0.1, 0.15) is 0 Å². The van der Waals surface area contributed by atoms with Crippen LogP contribution in [0.2, 0.25) is 0 Å². The highest BCUT2D eigenvalue weighted by Crippen LogP contribution is 2.28. The van der Waals surface area contributed by atoms with Crippen molar-refractivity contribution in [3.05, 3.63) is 29.8 Å². The molecule has 1 atom stereocenters. The number of para-hydroxylation sites is 1. The van der Waals surface area contributed by atoms with E-state index in [0.717, 1.165) is 0 Å². The number of hydrogen-bond donors (Lipinski definition) is 3. The van der Waals surface area contributed by atoms with Crippen LogP contribution in [0.5, 0.6) is 0 Å². The third-order valence-electron chi connectivity index (χ3n) is 3.04. The lowest BCUT2D eigenvalue weighted by molar-refractivity contribution is -0.141. The van der Waals surface area contributed by atoms with Crippen LogP contribution in [0.25, 0.3) is 0 Å². The van der Waals surface area contributed by atoms with Gasteiger partial charge in [-0.3, -0.25) is 19.8 Å². The van der Waals surface area contributed by atoms with E-state index < -0.39 is 17.8 Å². The molecule has 100 valence electrons. The summed E-state index contributed by atoms with van der Waals surface area (Å²) in [6, 6.07) is 6.43. The van der Waals surface area contributed by atoms with Crippen molar-refractivity contribution in [2.24, 2.45) is 11.8 Å². The first kappa shape index (κ1) is 13.0. The molecule has 1 heterocycles. The van der Waals surface area contributed by atoms with Gasteiger partial charge in [0.05, 0.1) is 17.2 Å². The van der Waals surface area contributed by atoms with Crippen LogP contribution in [0, 0.1) is 5.92 Å². The Morgan fingerprint density at radius 1 is 1.37 bits per heavy atom. The minimum atomic E-state index is -1.02. The Kier molecular flexibility index (Phi) is 3.48. The molecule has 1 aliphatic heterocycles. The van der Waals surface area contributed by atoms with Crippen LogP contribution >= 0.6 is 0 Å². The van der Waals surface area contributed by atoms with E-state index in [9.17, 15) is 14.4 Å². The number of nitrogens with zero attached hydrogens (tertiary/aromatic N) is 1. The summed E-state index contributed by atoms with van der Waals surface area (Å²) in [5.74, 6) is 2.48. The zero-order chi connectivity index (χ0) is 14.0. The number of rotatable bonds is 3. The number of amides is 2. The number of hydrogen-bond acceptors (Lipinski definition) is 4. The molecule has 1 saturated heterocycles. The molecule has 1 unspecified atom stereocenters. The van der Waals surface area contributed by atoms with Crippen LogP contribution in [0.4, 0.5) is 5.69 Å². The molecular weight excluding hydrogens is 250 g/mol. The van der Waals surface area contributed by atoms with Crippen molar-refractivity contribution in [3.63, 3.8) is 0 Å². The van der Waals surface area contributed by atoms with E-state index in [1.807, 2.05) is 5.43 Å². The number of nitrogen functional groups attached to an aromatic ring is 1. The van der Waals surface area contributed by atoms with Gasteiger partial charge in [-0.1, -0.05) is 12.1 Å². The van der Waals surface area contributed by atoms with E-state index in [2.05, 4.69) is 0 Å². The molecule has 1 aromatic rings. The number of carbonyl (C=O) groups excluding carboxylic acids is 2. The SMILES string of the molecule is NNC(=O)c1ccccc1N1CC(C(=O)O)CC1=O. The van der Waals surface area contributed by atoms with Crippen LogP contribution in [0.1, 0.15) is 16.8 Å². The number of hydrazine groups is 1. The highest BCUT2D eigenvalue weighted by molar-refractivity contribution is 6.06. The zero-order valence-corrected chi connectivity index (χ0v) is 10.00. The number of nitrogens with two attached hydrogens (primary N) is 1. The van der Waals surface area contributed by atoms with Crippen molar-refractivity contribution >= 4 is 23.5 Å². The molecule has 1 aromatic carbocycles. The Labute approximate surface area is 109 Å². The number of carboxylic acids is 1. The Morgan fingerprint density at radius 2 is 2.05 bits per heavy atom. The fourth-order valence-corrected chi connectivity index (χ4v) is 2.08. The Bertz CT molecular complexity index is 544. The smallest absolute Gasteiger partial charge is 0.308 e. The molecule has 0 aliphatic carbocycles. The van der Waals surface area contributed by atoms with Gasteiger partial charge in [0.15, 0.2) is 0 Å². The maximum absolute atomic E-state index is 11.9. The molecule has 4 N–H and O–H groups in total. The van der Waals surface area contributed by atoms with Gasteiger partial charge in [-0.25, -0.2) is 5.84 Å². The first-order valence-electron chi connectivity index (χ1n) is 5.67. The van der Waals surface area contributed by atoms with Gasteiger partial charge in [0, 0.05) is 13.0 Å². The van der Waals surface area contributed by atoms with Gasteiger partial charge < -0.3 is 10.0 Å². The van der Waals surface area contributed by atoms with Gasteiger partial charge in [-0.15, -0.1) is 0 Å². The number of carbonyl (C=O) groups is 3. The van der Waals surface area contributed by atoms with E-state index in [0.29, 0.717) is 5.69 Å². The van der Waals surface area contributed by atoms with Crippen LogP contribution < -0.4 is 16.2 Å². The quantitative estimate of drug-likeness (QED) is 0.394. The van der Waals surface area contributed by atoms with E-state index in [-0.39, 0.29) is 24.4 Å². The minimum Gasteiger partial charge on any atom is -0.481 e. The molecular formula is C12H13N3O4. The van der Waals surface area contributed by atoms with Crippen LogP contribution in [0.3, 0.4) is 0 Å². The summed E-state index contributed by atoms with van der Waals surface area (Å²) in [7, 11) is 0. The maximum atomic E-state index is 11.9. The summed E-state index contributed by atoms with van der Waals surface area (Å²) in [5, 5.41) is 8.94. The predicted octanol–water partition coefficient (Wildman–Crippen LogP) is -0.272. The topological polar surface area (TPSA) is 113 Å².